The number of likely N-dealkylation sites (tertiary alicyclic amines) is 1. The maximum absolute atomic E-state index is 13.6. The van der Waals surface area contributed by atoms with Crippen LogP contribution in [0.5, 0.6) is 5.75 Å². The molecule has 288 valence electrons. The second kappa shape index (κ2) is 23.2. The van der Waals surface area contributed by atoms with Crippen LogP contribution in [-0.2, 0) is 20.0 Å². The van der Waals surface area contributed by atoms with Gasteiger partial charge in [-0.05, 0) is 115 Å². The minimum Gasteiger partial charge on any atom is -0.496 e. The molecule has 0 spiro atoms. The Bertz CT molecular complexity index is 1620. The highest BCUT2D eigenvalue weighted by atomic mass is 32.2. The van der Waals surface area contributed by atoms with Gasteiger partial charge < -0.3 is 19.3 Å². The summed E-state index contributed by atoms with van der Waals surface area (Å²) in [7, 11) is -1.93. The fraction of sp³-hybridized carbons (Fsp3) is 0.535. The summed E-state index contributed by atoms with van der Waals surface area (Å²) >= 11 is 0. The van der Waals surface area contributed by atoms with E-state index in [0.29, 0.717) is 24.4 Å². The average molecular weight is 736 g/mol. The lowest BCUT2D eigenvalue weighted by Crippen LogP contribution is -2.38. The molecule has 0 aromatic heterocycles. The van der Waals surface area contributed by atoms with Gasteiger partial charge in [-0.15, -0.1) is 0 Å². The number of aliphatic imine (C=N–C) groups is 1. The van der Waals surface area contributed by atoms with Crippen molar-refractivity contribution in [2.75, 3.05) is 59.3 Å². The quantitative estimate of drug-likeness (QED) is 0.108. The summed E-state index contributed by atoms with van der Waals surface area (Å²) < 4.78 is 34.7. The first kappa shape index (κ1) is 44.6. The largest absolute Gasteiger partial charge is 0.496 e. The molecule has 1 unspecified atom stereocenters. The summed E-state index contributed by atoms with van der Waals surface area (Å²) in [5.41, 5.74) is 4.84. The smallest absolute Gasteiger partial charge is 0.257 e. The predicted molar refractivity (Wildman–Crippen MR) is 217 cm³/mol. The van der Waals surface area contributed by atoms with Crippen LogP contribution in [0, 0.1) is 6.92 Å². The number of unbranched alkanes of at least 4 members (excludes halogenated alkanes) is 1. The van der Waals surface area contributed by atoms with Crippen LogP contribution in [0.4, 0.5) is 5.69 Å². The molecule has 0 bridgehead atoms. The lowest BCUT2D eigenvalue weighted by Gasteiger charge is -2.33. The fourth-order valence-corrected chi connectivity index (χ4v) is 6.95. The van der Waals surface area contributed by atoms with E-state index in [1.807, 2.05) is 49.9 Å². The monoisotopic (exact) mass is 735 g/mol. The molecule has 1 saturated heterocycles. The number of ether oxygens (including phenoxy) is 2. The third-order valence-electron chi connectivity index (χ3n) is 9.14. The van der Waals surface area contributed by atoms with Crippen LogP contribution in [0.15, 0.2) is 82.7 Å². The SMILES string of the molecule is CC(C)=Nc1ccccc1C.CCCCN(CCC)CCC1(c2ccccc2)CCN(C(=O)c2cc(S(C)(=O)=O)ccc2OC)C1.CCCOCC. The molecule has 52 heavy (non-hydrogen) atoms. The summed E-state index contributed by atoms with van der Waals surface area (Å²) in [5.74, 6) is 0.217. The van der Waals surface area contributed by atoms with Gasteiger partial charge in [-0.1, -0.05) is 75.7 Å². The summed E-state index contributed by atoms with van der Waals surface area (Å²) in [4.78, 5) is 22.6. The van der Waals surface area contributed by atoms with Crippen molar-refractivity contribution in [3.8, 4) is 5.75 Å². The Kier molecular flexibility index (Phi) is 19.9. The number of hydrogen-bond acceptors (Lipinski definition) is 7. The van der Waals surface area contributed by atoms with Gasteiger partial charge in [0.25, 0.3) is 5.91 Å². The predicted octanol–water partition coefficient (Wildman–Crippen LogP) is 9.33. The fourth-order valence-electron chi connectivity index (χ4n) is 6.30. The summed E-state index contributed by atoms with van der Waals surface area (Å²) in [6, 6.07) is 23.2. The Labute approximate surface area is 315 Å². The second-order valence-corrected chi connectivity index (χ2v) is 15.8. The Balaban J connectivity index is 0.000000451. The maximum Gasteiger partial charge on any atom is 0.257 e. The molecule has 3 aromatic carbocycles. The van der Waals surface area contributed by atoms with Gasteiger partial charge >= 0.3 is 0 Å². The number of aryl methyl sites for hydroxylation is 1. The van der Waals surface area contributed by atoms with E-state index in [1.165, 1.54) is 43.2 Å². The van der Waals surface area contributed by atoms with Crippen molar-refractivity contribution >= 4 is 27.1 Å². The van der Waals surface area contributed by atoms with Gasteiger partial charge in [0.2, 0.25) is 0 Å². The van der Waals surface area contributed by atoms with Crippen LogP contribution in [0.3, 0.4) is 0 Å². The van der Waals surface area contributed by atoms with Crippen LogP contribution in [-0.4, -0.2) is 89.1 Å². The zero-order chi connectivity index (χ0) is 38.6. The van der Waals surface area contributed by atoms with Crippen LogP contribution < -0.4 is 4.74 Å². The van der Waals surface area contributed by atoms with Gasteiger partial charge in [0.1, 0.15) is 5.75 Å². The van der Waals surface area contributed by atoms with Crippen LogP contribution in [0.2, 0.25) is 0 Å². The summed E-state index contributed by atoms with van der Waals surface area (Å²) in [6.45, 7) is 20.8. The molecule has 1 fully saturated rings. The minimum atomic E-state index is -3.44. The topological polar surface area (TPSA) is 88.5 Å². The molecule has 0 radical (unpaired) electrons. The molecule has 1 atom stereocenters. The van der Waals surface area contributed by atoms with Crippen LogP contribution >= 0.6 is 0 Å². The van der Waals surface area contributed by atoms with Gasteiger partial charge in [-0.3, -0.25) is 9.79 Å². The number of amides is 1. The van der Waals surface area contributed by atoms with Crippen molar-refractivity contribution in [1.82, 2.24) is 9.80 Å². The molecule has 3 aromatic rings. The van der Waals surface area contributed by atoms with Crippen molar-refractivity contribution in [2.24, 2.45) is 4.99 Å². The highest BCUT2D eigenvalue weighted by Gasteiger charge is 2.42. The first-order chi connectivity index (χ1) is 24.8. The number of carbonyl (C=O) groups is 1. The second-order valence-electron chi connectivity index (χ2n) is 13.7. The van der Waals surface area contributed by atoms with Crippen molar-refractivity contribution < 1.29 is 22.7 Å². The Hall–Kier alpha value is -3.53. The van der Waals surface area contributed by atoms with Crippen molar-refractivity contribution in [3.63, 3.8) is 0 Å². The molecular weight excluding hydrogens is 671 g/mol. The zero-order valence-corrected chi connectivity index (χ0v) is 34.2. The molecule has 1 aliphatic rings. The Morgan fingerprint density at radius 2 is 1.60 bits per heavy atom. The van der Waals surface area contributed by atoms with Gasteiger partial charge in [-0.2, -0.15) is 0 Å². The number of sulfone groups is 1. The molecular formula is C43H65N3O5S. The minimum absolute atomic E-state index is 0.126. The Morgan fingerprint density at radius 1 is 0.904 bits per heavy atom. The van der Waals surface area contributed by atoms with E-state index in [4.69, 9.17) is 9.47 Å². The third-order valence-corrected chi connectivity index (χ3v) is 10.3. The van der Waals surface area contributed by atoms with Gasteiger partial charge in [0, 0.05) is 43.7 Å². The summed E-state index contributed by atoms with van der Waals surface area (Å²) in [5, 5.41) is 0. The van der Waals surface area contributed by atoms with E-state index in [1.54, 1.807) is 6.07 Å². The molecule has 0 saturated carbocycles. The maximum atomic E-state index is 13.6. The zero-order valence-electron chi connectivity index (χ0n) is 33.4. The summed E-state index contributed by atoms with van der Waals surface area (Å²) in [6.07, 6.45) is 7.65. The number of rotatable bonds is 16. The molecule has 8 nitrogen and oxygen atoms in total. The lowest BCUT2D eigenvalue weighted by atomic mass is 9.76. The molecule has 4 rings (SSSR count). The van der Waals surface area contributed by atoms with Gasteiger partial charge in [0.15, 0.2) is 9.84 Å². The number of nitrogens with zero attached hydrogens (tertiary/aromatic N) is 3. The normalized spacial score (nSPS) is 15.3. The number of hydrogen-bond donors (Lipinski definition) is 0. The molecule has 0 aliphatic carbocycles. The highest BCUT2D eigenvalue weighted by Crippen LogP contribution is 2.39. The number of carbonyl (C=O) groups excluding carboxylic acids is 1. The number of para-hydroxylation sites is 1. The van der Waals surface area contributed by atoms with Gasteiger partial charge in [0.05, 0.1) is 23.3 Å². The van der Waals surface area contributed by atoms with Crippen molar-refractivity contribution in [3.05, 3.63) is 89.5 Å². The van der Waals surface area contributed by atoms with E-state index in [2.05, 4.69) is 67.9 Å². The first-order valence-electron chi connectivity index (χ1n) is 19.0. The molecule has 0 N–H and O–H groups in total. The van der Waals surface area contributed by atoms with Crippen LogP contribution in [0.1, 0.15) is 102 Å². The van der Waals surface area contributed by atoms with E-state index in [9.17, 15) is 13.2 Å². The van der Waals surface area contributed by atoms with Crippen molar-refractivity contribution in [2.45, 2.75) is 97.3 Å². The lowest BCUT2D eigenvalue weighted by molar-refractivity contribution is 0.0777. The molecule has 1 aliphatic heterocycles. The van der Waals surface area contributed by atoms with Gasteiger partial charge in [-0.25, -0.2) is 8.42 Å². The van der Waals surface area contributed by atoms with E-state index < -0.39 is 9.84 Å². The molecule has 9 heteroatoms. The van der Waals surface area contributed by atoms with Crippen LogP contribution in [0.25, 0.3) is 0 Å². The highest BCUT2D eigenvalue weighted by molar-refractivity contribution is 7.90. The number of benzene rings is 3. The van der Waals surface area contributed by atoms with E-state index >= 15 is 0 Å². The number of methoxy groups -OCH3 is 1. The average Bonchev–Trinajstić information content (AvgIpc) is 3.58. The molecule has 1 amide bonds. The van der Waals surface area contributed by atoms with E-state index in [0.717, 1.165) is 76.2 Å². The first-order valence-corrected chi connectivity index (χ1v) is 20.8. The van der Waals surface area contributed by atoms with E-state index in [-0.39, 0.29) is 16.2 Å². The Morgan fingerprint density at radius 3 is 2.15 bits per heavy atom. The standard InChI is InChI=1S/C28H40N2O4S.C10H13N.C5H12O/c1-5-7-18-29(17-6-2)19-15-28(23-11-9-8-10-12-23)16-20-30(22-28)27(31)25-21-24(35(4,32)33)13-14-26(25)34-3;1-8(2)11-10-7-5-4-6-9(10)3;1-3-5-6-4-2/h8-14,21H,5-7,15-20,22H2,1-4H3;4-7H,1-3H3;3-5H2,1-2H3. The third kappa shape index (κ3) is 14.5. The molecule has 1 heterocycles. The van der Waals surface area contributed by atoms with Crippen molar-refractivity contribution in [1.29, 1.82) is 0 Å².